The Bertz CT molecular complexity index is 613. The summed E-state index contributed by atoms with van der Waals surface area (Å²) in [5.74, 6) is 0. The van der Waals surface area contributed by atoms with E-state index in [2.05, 4.69) is 27.1 Å². The maximum absolute atomic E-state index is 6.34. The molecule has 1 fully saturated rings. The number of hydrogen-bond donors (Lipinski definition) is 1. The average Bonchev–Trinajstić information content (AvgIpc) is 3.11. The molecule has 0 amide bonds. The fraction of sp³-hybridized carbons (Fsp3) is 0.562. The molecule has 0 bridgehead atoms. The number of hydrogen-bond acceptors (Lipinski definition) is 4. The first-order valence-electron chi connectivity index (χ1n) is 7.74. The van der Waals surface area contributed by atoms with Crippen LogP contribution < -0.4 is 5.73 Å². The molecular formula is C16H23N5. The third kappa shape index (κ3) is 3.13. The van der Waals surface area contributed by atoms with Crippen LogP contribution in [-0.4, -0.2) is 20.0 Å². The molecule has 2 aromatic rings. The fourth-order valence-corrected chi connectivity index (χ4v) is 3.14. The number of nitrogens with two attached hydrogens (primary N) is 1. The lowest BCUT2D eigenvalue weighted by Gasteiger charge is -2.13. The minimum atomic E-state index is -0.0777. The Morgan fingerprint density at radius 3 is 2.81 bits per heavy atom. The number of aryl methyl sites for hydroxylation is 2. The van der Waals surface area contributed by atoms with Crippen LogP contribution >= 0.6 is 0 Å². The Labute approximate surface area is 125 Å². The molecular weight excluding hydrogens is 262 g/mol. The van der Waals surface area contributed by atoms with Crippen molar-refractivity contribution < 1.29 is 0 Å². The highest BCUT2D eigenvalue weighted by Crippen LogP contribution is 2.29. The highest BCUT2D eigenvalue weighted by molar-refractivity contribution is 5.24. The highest BCUT2D eigenvalue weighted by atomic mass is 15.3. The first-order chi connectivity index (χ1) is 10.1. The minimum Gasteiger partial charge on any atom is -0.324 e. The fourth-order valence-electron chi connectivity index (χ4n) is 3.14. The molecule has 0 radical (unpaired) electrons. The summed E-state index contributed by atoms with van der Waals surface area (Å²) in [6, 6.07) is 4.63. The van der Waals surface area contributed by atoms with Crippen LogP contribution in [0.4, 0.5) is 0 Å². The van der Waals surface area contributed by atoms with Gasteiger partial charge in [0.05, 0.1) is 23.1 Å². The van der Waals surface area contributed by atoms with Gasteiger partial charge in [0.1, 0.15) is 0 Å². The molecule has 3 rings (SSSR count). The van der Waals surface area contributed by atoms with E-state index in [9.17, 15) is 0 Å². The maximum atomic E-state index is 6.34. The minimum absolute atomic E-state index is 0.0777. The zero-order valence-electron chi connectivity index (χ0n) is 12.8. The van der Waals surface area contributed by atoms with Crippen LogP contribution in [0.5, 0.6) is 0 Å². The van der Waals surface area contributed by atoms with Gasteiger partial charge in [-0.25, -0.2) is 0 Å². The van der Waals surface area contributed by atoms with Crippen LogP contribution in [0.1, 0.15) is 60.4 Å². The van der Waals surface area contributed by atoms with Gasteiger partial charge in [-0.1, -0.05) is 12.8 Å². The quantitative estimate of drug-likeness (QED) is 0.937. The highest BCUT2D eigenvalue weighted by Gasteiger charge is 2.19. The molecule has 1 aliphatic rings. The summed E-state index contributed by atoms with van der Waals surface area (Å²) in [6.45, 7) is 3.90. The van der Waals surface area contributed by atoms with Crippen molar-refractivity contribution in [3.63, 3.8) is 0 Å². The summed E-state index contributed by atoms with van der Waals surface area (Å²) < 4.78 is 2.12. The predicted molar refractivity (Wildman–Crippen MR) is 81.9 cm³/mol. The second-order valence-corrected chi connectivity index (χ2v) is 6.06. The second-order valence-electron chi connectivity index (χ2n) is 6.06. The van der Waals surface area contributed by atoms with Gasteiger partial charge in [0, 0.05) is 18.7 Å². The molecule has 5 heteroatoms. The van der Waals surface area contributed by atoms with Crippen LogP contribution in [0.15, 0.2) is 18.3 Å². The van der Waals surface area contributed by atoms with Gasteiger partial charge in [0.2, 0.25) is 0 Å². The van der Waals surface area contributed by atoms with Gasteiger partial charge >= 0.3 is 0 Å². The molecule has 5 nitrogen and oxygen atoms in total. The van der Waals surface area contributed by atoms with Crippen LogP contribution in [0, 0.1) is 13.8 Å². The second kappa shape index (κ2) is 5.93. The maximum Gasteiger partial charge on any atom is 0.0648 e. The van der Waals surface area contributed by atoms with Crippen LogP contribution in [0.3, 0.4) is 0 Å². The lowest BCUT2D eigenvalue weighted by Crippen LogP contribution is -2.17. The third-order valence-electron chi connectivity index (χ3n) is 4.33. The number of rotatable bonds is 4. The van der Waals surface area contributed by atoms with Crippen LogP contribution in [-0.2, 0) is 6.42 Å². The Kier molecular flexibility index (Phi) is 4.01. The molecule has 112 valence electrons. The van der Waals surface area contributed by atoms with E-state index in [0.29, 0.717) is 6.04 Å². The summed E-state index contributed by atoms with van der Waals surface area (Å²) in [6.07, 6.45) is 7.98. The van der Waals surface area contributed by atoms with Crippen molar-refractivity contribution in [2.45, 2.75) is 58.0 Å². The smallest absolute Gasteiger partial charge is 0.0648 e. The summed E-state index contributed by atoms with van der Waals surface area (Å²) in [4.78, 5) is 0. The Balaban J connectivity index is 1.72. The zero-order chi connectivity index (χ0) is 14.8. The Morgan fingerprint density at radius 2 is 2.05 bits per heavy atom. The average molecular weight is 285 g/mol. The SMILES string of the molecule is Cc1cc(C(N)Cc2ccn(C3CCCC3)n2)c(C)nn1. The van der Waals surface area contributed by atoms with Crippen molar-refractivity contribution in [3.8, 4) is 0 Å². The van der Waals surface area contributed by atoms with Gasteiger partial charge in [-0.05, 0) is 44.4 Å². The zero-order valence-corrected chi connectivity index (χ0v) is 12.8. The van der Waals surface area contributed by atoms with Gasteiger partial charge in [-0.15, -0.1) is 0 Å². The van der Waals surface area contributed by atoms with Crippen LogP contribution in [0.2, 0.25) is 0 Å². The summed E-state index contributed by atoms with van der Waals surface area (Å²) >= 11 is 0. The summed E-state index contributed by atoms with van der Waals surface area (Å²) in [5.41, 5.74) is 10.3. The van der Waals surface area contributed by atoms with Gasteiger partial charge in [0.15, 0.2) is 0 Å². The van der Waals surface area contributed by atoms with Gasteiger partial charge < -0.3 is 5.73 Å². The molecule has 0 saturated heterocycles. The van der Waals surface area contributed by atoms with Crippen molar-refractivity contribution in [3.05, 3.63) is 41.0 Å². The number of nitrogens with zero attached hydrogens (tertiary/aromatic N) is 4. The van der Waals surface area contributed by atoms with Gasteiger partial charge in [0.25, 0.3) is 0 Å². The number of aromatic nitrogens is 4. The third-order valence-corrected chi connectivity index (χ3v) is 4.33. The van der Waals surface area contributed by atoms with E-state index in [1.807, 2.05) is 19.9 Å². The van der Waals surface area contributed by atoms with E-state index < -0.39 is 0 Å². The summed E-state index contributed by atoms with van der Waals surface area (Å²) in [7, 11) is 0. The largest absolute Gasteiger partial charge is 0.324 e. The molecule has 2 N–H and O–H groups in total. The normalized spacial score (nSPS) is 17.3. The molecule has 21 heavy (non-hydrogen) atoms. The van der Waals surface area contributed by atoms with Crippen molar-refractivity contribution in [2.24, 2.45) is 5.73 Å². The van der Waals surface area contributed by atoms with E-state index in [-0.39, 0.29) is 6.04 Å². The Hall–Kier alpha value is -1.75. The van der Waals surface area contributed by atoms with Crippen molar-refractivity contribution in [2.75, 3.05) is 0 Å². The molecule has 2 aromatic heterocycles. The van der Waals surface area contributed by atoms with Crippen molar-refractivity contribution >= 4 is 0 Å². The molecule has 1 aliphatic carbocycles. The lowest BCUT2D eigenvalue weighted by molar-refractivity contribution is 0.461. The van der Waals surface area contributed by atoms with Gasteiger partial charge in [-0.2, -0.15) is 15.3 Å². The molecule has 2 heterocycles. The molecule has 0 aromatic carbocycles. The van der Waals surface area contributed by atoms with E-state index >= 15 is 0 Å². The Morgan fingerprint density at radius 1 is 1.29 bits per heavy atom. The summed E-state index contributed by atoms with van der Waals surface area (Å²) in [5, 5.41) is 12.9. The van der Waals surface area contributed by atoms with Crippen molar-refractivity contribution in [1.82, 2.24) is 20.0 Å². The first kappa shape index (κ1) is 14.2. The topological polar surface area (TPSA) is 69.6 Å². The van der Waals surface area contributed by atoms with E-state index in [1.165, 1.54) is 25.7 Å². The molecule has 0 spiro atoms. The molecule has 1 saturated carbocycles. The van der Waals surface area contributed by atoms with Gasteiger partial charge in [-0.3, -0.25) is 4.68 Å². The van der Waals surface area contributed by atoms with E-state index in [0.717, 1.165) is 29.1 Å². The van der Waals surface area contributed by atoms with Crippen molar-refractivity contribution in [1.29, 1.82) is 0 Å². The van der Waals surface area contributed by atoms with E-state index in [1.54, 1.807) is 0 Å². The predicted octanol–water partition coefficient (Wildman–Crippen LogP) is 2.65. The molecule has 1 unspecified atom stereocenters. The lowest BCUT2D eigenvalue weighted by atomic mass is 10.0. The molecule has 0 aliphatic heterocycles. The monoisotopic (exact) mass is 285 g/mol. The molecule has 1 atom stereocenters. The standard InChI is InChI=1S/C16H23N5/c1-11-9-15(12(2)19-18-11)16(17)10-13-7-8-21(20-13)14-5-3-4-6-14/h7-9,14,16H,3-6,10,17H2,1-2H3. The van der Waals surface area contributed by atoms with E-state index in [4.69, 9.17) is 10.8 Å². The first-order valence-corrected chi connectivity index (χ1v) is 7.74. The van der Waals surface area contributed by atoms with Crippen LogP contribution in [0.25, 0.3) is 0 Å².